The largest absolute Gasteiger partial charge is 0.324 e. The number of carbonyl (C=O) groups excluding carboxylic acids is 2. The lowest BCUT2D eigenvalue weighted by Gasteiger charge is -2.30. The predicted molar refractivity (Wildman–Crippen MR) is 170 cm³/mol. The van der Waals surface area contributed by atoms with Gasteiger partial charge in [0.1, 0.15) is 17.4 Å². The summed E-state index contributed by atoms with van der Waals surface area (Å²) >= 11 is 0. The first-order valence-electron chi connectivity index (χ1n) is 14.9. The van der Waals surface area contributed by atoms with Gasteiger partial charge in [-0.1, -0.05) is 68.8 Å². The zero-order valence-electron chi connectivity index (χ0n) is 25.3. The molecule has 0 aliphatic carbocycles. The number of halogens is 1. The van der Waals surface area contributed by atoms with E-state index in [4.69, 9.17) is 5.10 Å². The summed E-state index contributed by atoms with van der Waals surface area (Å²) < 4.78 is 16.2. The van der Waals surface area contributed by atoms with Gasteiger partial charge in [-0.05, 0) is 80.2 Å². The van der Waals surface area contributed by atoms with E-state index in [0.29, 0.717) is 17.1 Å². The summed E-state index contributed by atoms with van der Waals surface area (Å²) in [5.41, 5.74) is 4.42. The van der Waals surface area contributed by atoms with Crippen molar-refractivity contribution >= 4 is 23.3 Å². The van der Waals surface area contributed by atoms with Gasteiger partial charge >= 0.3 is 6.03 Å². The molecule has 4 aromatic rings. The van der Waals surface area contributed by atoms with Crippen molar-refractivity contribution in [3.63, 3.8) is 0 Å². The van der Waals surface area contributed by atoms with Crippen LogP contribution in [0.25, 0.3) is 5.69 Å². The normalized spacial score (nSPS) is 14.7. The van der Waals surface area contributed by atoms with Crippen molar-refractivity contribution in [3.05, 3.63) is 107 Å². The van der Waals surface area contributed by atoms with Crippen molar-refractivity contribution in [2.45, 2.75) is 58.3 Å². The molecule has 8 heteroatoms. The number of anilines is 2. The third kappa shape index (κ3) is 7.38. The zero-order chi connectivity index (χ0) is 30.6. The van der Waals surface area contributed by atoms with Crippen molar-refractivity contribution in [2.24, 2.45) is 5.92 Å². The number of carbonyl (C=O) groups is 2. The lowest BCUT2D eigenvalue weighted by molar-refractivity contribution is -0.121. The first-order valence-corrected chi connectivity index (χ1v) is 14.9. The second kappa shape index (κ2) is 12.9. The summed E-state index contributed by atoms with van der Waals surface area (Å²) in [5, 5.41) is 14.1. The van der Waals surface area contributed by atoms with Crippen LogP contribution in [-0.4, -0.2) is 34.7 Å². The molecular formula is C35H40FN5O2. The lowest BCUT2D eigenvalue weighted by atomic mass is 9.76. The number of hydrogen-bond donors (Lipinski definition) is 3. The fourth-order valence-electron chi connectivity index (χ4n) is 5.65. The molecule has 1 aliphatic rings. The molecule has 43 heavy (non-hydrogen) atoms. The molecule has 1 aliphatic heterocycles. The van der Waals surface area contributed by atoms with Gasteiger partial charge in [-0.2, -0.15) is 5.10 Å². The van der Waals surface area contributed by atoms with E-state index in [-0.39, 0.29) is 29.4 Å². The Labute approximate surface area is 252 Å². The van der Waals surface area contributed by atoms with Crippen molar-refractivity contribution in [2.75, 3.05) is 23.7 Å². The van der Waals surface area contributed by atoms with E-state index in [1.165, 1.54) is 6.07 Å². The molecule has 1 unspecified atom stereocenters. The van der Waals surface area contributed by atoms with Gasteiger partial charge in [0, 0.05) is 29.5 Å². The van der Waals surface area contributed by atoms with Crippen LogP contribution in [-0.2, 0) is 16.6 Å². The van der Waals surface area contributed by atoms with Gasteiger partial charge in [0.2, 0.25) is 0 Å². The highest BCUT2D eigenvalue weighted by Gasteiger charge is 2.31. The number of rotatable bonds is 8. The highest BCUT2D eigenvalue weighted by molar-refractivity contribution is 5.99. The summed E-state index contributed by atoms with van der Waals surface area (Å²) in [6.45, 7) is 9.93. The minimum Gasteiger partial charge on any atom is -0.317 e. The standard InChI is InChI=1S/C35H40FN5O2/c1-23-12-14-28(15-13-23)41-32(22-31(40-41)35(2,3)4)39-34(43)38-27-10-7-9-26(20-27)33(24-16-18-37-19-17-24)30(42)21-25-8-5-6-11-29(25)36/h5-15,20,22,24,33,37H,16-19,21H2,1-4H3,(H2,38,39,43). The number of amides is 2. The van der Waals surface area contributed by atoms with Crippen LogP contribution in [0.5, 0.6) is 0 Å². The quantitative estimate of drug-likeness (QED) is 0.206. The van der Waals surface area contributed by atoms with E-state index < -0.39 is 11.9 Å². The van der Waals surface area contributed by atoms with Gasteiger partial charge in [0.05, 0.1) is 11.4 Å². The van der Waals surface area contributed by atoms with Gasteiger partial charge in [0.15, 0.2) is 0 Å². The molecule has 2 amide bonds. The van der Waals surface area contributed by atoms with Gasteiger partial charge in [-0.3, -0.25) is 10.1 Å². The average molecular weight is 582 g/mol. The number of nitrogens with one attached hydrogen (secondary N) is 3. The molecule has 1 aromatic heterocycles. The Morgan fingerprint density at radius 1 is 0.977 bits per heavy atom. The maximum absolute atomic E-state index is 14.4. The second-order valence-corrected chi connectivity index (χ2v) is 12.4. The van der Waals surface area contributed by atoms with E-state index in [1.54, 1.807) is 22.9 Å². The summed E-state index contributed by atoms with van der Waals surface area (Å²) in [6, 6.07) is 23.3. The van der Waals surface area contributed by atoms with Crippen molar-refractivity contribution in [1.82, 2.24) is 15.1 Å². The van der Waals surface area contributed by atoms with Crippen LogP contribution in [0.15, 0.2) is 78.9 Å². The van der Waals surface area contributed by atoms with Crippen LogP contribution in [0.2, 0.25) is 0 Å². The first-order chi connectivity index (χ1) is 20.6. The van der Waals surface area contributed by atoms with Gasteiger partial charge in [0.25, 0.3) is 0 Å². The van der Waals surface area contributed by atoms with Crippen LogP contribution in [0.1, 0.15) is 61.9 Å². The topological polar surface area (TPSA) is 88.1 Å². The molecule has 2 heterocycles. The highest BCUT2D eigenvalue weighted by Crippen LogP contribution is 2.34. The highest BCUT2D eigenvalue weighted by atomic mass is 19.1. The number of Topliss-reactive ketones (excluding diaryl/α,β-unsaturated/α-hetero) is 1. The fourth-order valence-corrected chi connectivity index (χ4v) is 5.65. The second-order valence-electron chi connectivity index (χ2n) is 12.4. The first kappa shape index (κ1) is 30.2. The number of nitrogens with zero attached hydrogens (tertiary/aromatic N) is 2. The summed E-state index contributed by atoms with van der Waals surface area (Å²) in [4.78, 5) is 27.0. The van der Waals surface area contributed by atoms with Crippen molar-refractivity contribution in [3.8, 4) is 5.69 Å². The Hall–Kier alpha value is -4.30. The van der Waals surface area contributed by atoms with Crippen LogP contribution in [0.4, 0.5) is 20.7 Å². The van der Waals surface area contributed by atoms with Crippen LogP contribution >= 0.6 is 0 Å². The summed E-state index contributed by atoms with van der Waals surface area (Å²) in [7, 11) is 0. The summed E-state index contributed by atoms with van der Waals surface area (Å²) in [6.07, 6.45) is 1.73. The van der Waals surface area contributed by atoms with E-state index >= 15 is 0 Å². The molecular weight excluding hydrogens is 541 g/mol. The fraction of sp³-hybridized carbons (Fsp3) is 0.343. The van der Waals surface area contributed by atoms with Crippen molar-refractivity contribution < 1.29 is 14.0 Å². The van der Waals surface area contributed by atoms with Gasteiger partial charge in [-0.25, -0.2) is 13.9 Å². The zero-order valence-corrected chi connectivity index (χ0v) is 25.3. The van der Waals surface area contributed by atoms with Crippen LogP contribution in [0, 0.1) is 18.7 Å². The SMILES string of the molecule is Cc1ccc(-n2nc(C(C)(C)C)cc2NC(=O)Nc2cccc(C(C(=O)Cc3ccccc3F)C3CCNCC3)c2)cc1. The maximum atomic E-state index is 14.4. The number of aromatic nitrogens is 2. The molecule has 0 spiro atoms. The molecule has 7 nitrogen and oxygen atoms in total. The van der Waals surface area contributed by atoms with Gasteiger partial charge in [-0.15, -0.1) is 0 Å². The molecule has 3 N–H and O–H groups in total. The summed E-state index contributed by atoms with van der Waals surface area (Å²) in [5.74, 6) is -0.106. The molecule has 3 aromatic carbocycles. The molecule has 0 saturated carbocycles. The van der Waals surface area contributed by atoms with E-state index in [2.05, 4.69) is 36.7 Å². The third-order valence-corrected chi connectivity index (χ3v) is 8.03. The molecule has 5 rings (SSSR count). The van der Waals surface area contributed by atoms with Crippen LogP contribution < -0.4 is 16.0 Å². The molecule has 224 valence electrons. The number of ketones is 1. The predicted octanol–water partition coefficient (Wildman–Crippen LogP) is 7.16. The Kier molecular flexibility index (Phi) is 9.06. The van der Waals surface area contributed by atoms with E-state index in [0.717, 1.165) is 48.4 Å². The lowest BCUT2D eigenvalue weighted by Crippen LogP contribution is -2.34. The van der Waals surface area contributed by atoms with Crippen molar-refractivity contribution in [1.29, 1.82) is 0 Å². The minimum absolute atomic E-state index is 0.0182. The molecule has 1 fully saturated rings. The number of benzene rings is 3. The van der Waals surface area contributed by atoms with Crippen LogP contribution in [0.3, 0.4) is 0 Å². The van der Waals surface area contributed by atoms with E-state index in [9.17, 15) is 14.0 Å². The maximum Gasteiger partial charge on any atom is 0.324 e. The minimum atomic E-state index is -0.415. The Bertz CT molecular complexity index is 1580. The average Bonchev–Trinajstić information content (AvgIpc) is 3.40. The Morgan fingerprint density at radius 2 is 1.70 bits per heavy atom. The smallest absolute Gasteiger partial charge is 0.317 e. The Morgan fingerprint density at radius 3 is 2.40 bits per heavy atom. The molecule has 0 bridgehead atoms. The van der Waals surface area contributed by atoms with E-state index in [1.807, 2.05) is 61.5 Å². The third-order valence-electron chi connectivity index (χ3n) is 8.03. The number of aryl methyl sites for hydroxylation is 1. The van der Waals surface area contributed by atoms with Gasteiger partial charge < -0.3 is 10.6 Å². The number of piperidine rings is 1. The molecule has 0 radical (unpaired) electrons. The molecule has 1 atom stereocenters. The number of hydrogen-bond acceptors (Lipinski definition) is 4. The Balaban J connectivity index is 1.38. The monoisotopic (exact) mass is 581 g/mol. The molecule has 1 saturated heterocycles. The number of urea groups is 1.